The Morgan fingerprint density at radius 3 is 2.00 bits per heavy atom. The molecule has 0 aliphatic heterocycles. The van der Waals surface area contributed by atoms with E-state index in [1.807, 2.05) is 0 Å². The zero-order chi connectivity index (χ0) is 7.82. The summed E-state index contributed by atoms with van der Waals surface area (Å²) in [6.45, 7) is 2.25. The van der Waals surface area contributed by atoms with Gasteiger partial charge < -0.3 is 5.48 Å². The highest BCUT2D eigenvalue weighted by Crippen LogP contribution is 2.17. The minimum Gasteiger partial charge on any atom is -0.412 e. The van der Waals surface area contributed by atoms with Crippen molar-refractivity contribution < 1.29 is 5.48 Å². The Morgan fingerprint density at radius 2 is 1.55 bits per heavy atom. The molecule has 0 aromatic carbocycles. The van der Waals surface area contributed by atoms with Gasteiger partial charge in [0.15, 0.2) is 0 Å². The Kier molecular flexibility index (Phi) is 14.3. The van der Waals surface area contributed by atoms with E-state index in [0.717, 1.165) is 0 Å². The maximum Gasteiger partial charge on any atom is 0.0697 e. The van der Waals surface area contributed by atoms with Gasteiger partial charge in [-0.3, -0.25) is 0 Å². The molecule has 0 aromatic rings. The van der Waals surface area contributed by atoms with Gasteiger partial charge in [-0.15, -0.1) is 0 Å². The summed E-state index contributed by atoms with van der Waals surface area (Å²) in [5.41, 5.74) is 0. The van der Waals surface area contributed by atoms with Crippen molar-refractivity contribution in [2.75, 3.05) is 0 Å². The van der Waals surface area contributed by atoms with Gasteiger partial charge in [0.2, 0.25) is 0 Å². The van der Waals surface area contributed by atoms with Crippen LogP contribution in [-0.2, 0) is 0 Å². The SMILES string of the molecule is CCCCCCCC(Br)Br.O. The maximum atomic E-state index is 3.46. The summed E-state index contributed by atoms with van der Waals surface area (Å²) in [6.07, 6.45) is 8.14. The molecule has 0 heterocycles. The Labute approximate surface area is 86.5 Å². The largest absolute Gasteiger partial charge is 0.412 e. The summed E-state index contributed by atoms with van der Waals surface area (Å²) in [5, 5.41) is 0. The van der Waals surface area contributed by atoms with Crippen molar-refractivity contribution in [2.45, 2.75) is 49.2 Å². The highest BCUT2D eigenvalue weighted by Gasteiger charge is 1.95. The molecule has 0 aliphatic carbocycles. The van der Waals surface area contributed by atoms with Gasteiger partial charge in [-0.25, -0.2) is 0 Å². The van der Waals surface area contributed by atoms with Crippen molar-refractivity contribution in [1.82, 2.24) is 0 Å². The van der Waals surface area contributed by atoms with Crippen LogP contribution in [0.15, 0.2) is 0 Å². The first-order valence-corrected chi connectivity index (χ1v) is 5.88. The van der Waals surface area contributed by atoms with Crippen molar-refractivity contribution in [2.24, 2.45) is 0 Å². The topological polar surface area (TPSA) is 31.5 Å². The number of hydrogen-bond acceptors (Lipinski definition) is 0. The molecule has 0 atom stereocenters. The highest BCUT2D eigenvalue weighted by atomic mass is 79.9. The number of unbranched alkanes of at least 4 members (excludes halogenated alkanes) is 4. The number of rotatable bonds is 6. The molecule has 0 amide bonds. The van der Waals surface area contributed by atoms with Gasteiger partial charge in [0, 0.05) is 0 Å². The van der Waals surface area contributed by atoms with E-state index in [0.29, 0.717) is 3.74 Å². The van der Waals surface area contributed by atoms with Gasteiger partial charge in [0.1, 0.15) is 0 Å². The maximum absolute atomic E-state index is 3.46. The molecule has 0 radical (unpaired) electrons. The predicted molar refractivity (Wildman–Crippen MR) is 58.6 cm³/mol. The lowest BCUT2D eigenvalue weighted by atomic mass is 10.1. The molecule has 0 saturated carbocycles. The third-order valence-corrected chi connectivity index (χ3v) is 2.44. The zero-order valence-electron chi connectivity index (χ0n) is 7.08. The Morgan fingerprint density at radius 1 is 1.00 bits per heavy atom. The fourth-order valence-corrected chi connectivity index (χ4v) is 1.55. The van der Waals surface area contributed by atoms with Crippen LogP contribution in [0.1, 0.15) is 45.4 Å². The van der Waals surface area contributed by atoms with Crippen molar-refractivity contribution in [3.8, 4) is 0 Å². The summed E-state index contributed by atoms with van der Waals surface area (Å²) in [5.74, 6) is 0. The van der Waals surface area contributed by atoms with Crippen LogP contribution in [-0.4, -0.2) is 9.21 Å². The summed E-state index contributed by atoms with van der Waals surface area (Å²) < 4.78 is 0.529. The molecule has 0 aromatic heterocycles. The molecule has 0 saturated heterocycles. The molecule has 0 rings (SSSR count). The second kappa shape index (κ2) is 10.9. The van der Waals surface area contributed by atoms with Gasteiger partial charge in [-0.05, 0) is 6.42 Å². The fourth-order valence-electron chi connectivity index (χ4n) is 0.902. The van der Waals surface area contributed by atoms with E-state index in [1.165, 1.54) is 38.5 Å². The predicted octanol–water partition coefficient (Wildman–Crippen LogP) is 3.64. The van der Waals surface area contributed by atoms with E-state index in [-0.39, 0.29) is 5.48 Å². The van der Waals surface area contributed by atoms with Crippen LogP contribution in [0.4, 0.5) is 0 Å². The van der Waals surface area contributed by atoms with E-state index in [2.05, 4.69) is 38.8 Å². The molecule has 0 unspecified atom stereocenters. The van der Waals surface area contributed by atoms with Crippen molar-refractivity contribution in [3.63, 3.8) is 0 Å². The minimum atomic E-state index is 0. The van der Waals surface area contributed by atoms with Gasteiger partial charge in [0.25, 0.3) is 0 Å². The summed E-state index contributed by atoms with van der Waals surface area (Å²) in [6, 6.07) is 0. The second-order valence-corrected chi connectivity index (χ2v) is 6.03. The van der Waals surface area contributed by atoms with Crippen LogP contribution < -0.4 is 0 Å². The molecule has 3 heteroatoms. The summed E-state index contributed by atoms with van der Waals surface area (Å²) in [7, 11) is 0. The van der Waals surface area contributed by atoms with E-state index in [9.17, 15) is 0 Å². The van der Waals surface area contributed by atoms with Crippen molar-refractivity contribution in [3.05, 3.63) is 0 Å². The lowest BCUT2D eigenvalue weighted by Gasteiger charge is -2.00. The van der Waals surface area contributed by atoms with Gasteiger partial charge in [0.05, 0.1) is 3.74 Å². The lowest BCUT2D eigenvalue weighted by Crippen LogP contribution is -1.85. The average Bonchev–Trinajstić information content (AvgIpc) is 1.87. The zero-order valence-corrected chi connectivity index (χ0v) is 10.2. The van der Waals surface area contributed by atoms with E-state index >= 15 is 0 Å². The Balaban J connectivity index is 0. The first kappa shape index (κ1) is 14.4. The van der Waals surface area contributed by atoms with E-state index < -0.39 is 0 Å². The molecule has 11 heavy (non-hydrogen) atoms. The van der Waals surface area contributed by atoms with Crippen LogP contribution >= 0.6 is 31.9 Å². The van der Waals surface area contributed by atoms with E-state index in [1.54, 1.807) is 0 Å². The highest BCUT2D eigenvalue weighted by molar-refractivity contribution is 9.24. The van der Waals surface area contributed by atoms with Crippen LogP contribution in [0.5, 0.6) is 0 Å². The molecule has 1 nitrogen and oxygen atoms in total. The number of alkyl halides is 2. The monoisotopic (exact) mass is 288 g/mol. The number of halogens is 2. The van der Waals surface area contributed by atoms with Crippen LogP contribution in [0.3, 0.4) is 0 Å². The third-order valence-electron chi connectivity index (χ3n) is 1.53. The van der Waals surface area contributed by atoms with Crippen LogP contribution in [0.2, 0.25) is 0 Å². The first-order chi connectivity index (χ1) is 4.77. The molecule has 0 fully saturated rings. The van der Waals surface area contributed by atoms with Crippen molar-refractivity contribution >= 4 is 31.9 Å². The first-order valence-electron chi connectivity index (χ1n) is 4.05. The third kappa shape index (κ3) is 13.9. The standard InChI is InChI=1S/C8H16Br2.H2O/c1-2-3-4-5-6-7-8(9)10;/h8H,2-7H2,1H3;1H2. The molecular formula is C8H18Br2O. The Bertz CT molecular complexity index is 67.1. The molecule has 0 spiro atoms. The van der Waals surface area contributed by atoms with Gasteiger partial charge >= 0.3 is 0 Å². The minimum absolute atomic E-state index is 0. The average molecular weight is 290 g/mol. The quantitative estimate of drug-likeness (QED) is 0.528. The molecule has 0 aliphatic rings. The molecule has 70 valence electrons. The van der Waals surface area contributed by atoms with Gasteiger partial charge in [-0.1, -0.05) is 70.9 Å². The second-order valence-electron chi connectivity index (χ2n) is 2.59. The molecule has 2 N–H and O–H groups in total. The van der Waals surface area contributed by atoms with E-state index in [4.69, 9.17) is 0 Å². The van der Waals surface area contributed by atoms with Crippen LogP contribution in [0.25, 0.3) is 0 Å². The van der Waals surface area contributed by atoms with Gasteiger partial charge in [-0.2, -0.15) is 0 Å². The smallest absolute Gasteiger partial charge is 0.0697 e. The van der Waals surface area contributed by atoms with Crippen LogP contribution in [0, 0.1) is 0 Å². The fraction of sp³-hybridized carbons (Fsp3) is 1.00. The Hall–Kier alpha value is 0.920. The molecule has 0 bridgehead atoms. The normalized spacial score (nSPS) is 9.82. The molecular weight excluding hydrogens is 272 g/mol. The summed E-state index contributed by atoms with van der Waals surface area (Å²) >= 11 is 6.92. The van der Waals surface area contributed by atoms with Crippen molar-refractivity contribution in [1.29, 1.82) is 0 Å². The summed E-state index contributed by atoms with van der Waals surface area (Å²) in [4.78, 5) is 0. The lowest BCUT2D eigenvalue weighted by molar-refractivity contribution is 0.624. The number of hydrogen-bond donors (Lipinski definition) is 0.